The lowest BCUT2D eigenvalue weighted by atomic mass is 10.1. The van der Waals surface area contributed by atoms with Gasteiger partial charge in [0.2, 0.25) is 5.95 Å². The van der Waals surface area contributed by atoms with E-state index in [-0.39, 0.29) is 11.4 Å². The summed E-state index contributed by atoms with van der Waals surface area (Å²) in [5, 5.41) is 8.33. The maximum atomic E-state index is 8.33. The van der Waals surface area contributed by atoms with Crippen molar-refractivity contribution >= 4 is 17.1 Å². The molecule has 7 heteroatoms. The van der Waals surface area contributed by atoms with Gasteiger partial charge in [-0.3, -0.25) is 15.0 Å². The summed E-state index contributed by atoms with van der Waals surface area (Å²) in [6.45, 7) is 0. The maximum absolute atomic E-state index is 8.33. The largest absolute Gasteiger partial charge is 0.369 e. The molecule has 0 bridgehead atoms. The number of rotatable bonds is 3. The summed E-state index contributed by atoms with van der Waals surface area (Å²) in [7, 11) is 0. The summed E-state index contributed by atoms with van der Waals surface area (Å²) in [5.41, 5.74) is 10.4. The van der Waals surface area contributed by atoms with Crippen molar-refractivity contribution in [2.45, 2.75) is 6.42 Å². The number of benzene rings is 1. The first kappa shape index (κ1) is 14.1. The van der Waals surface area contributed by atoms with Crippen molar-refractivity contribution in [1.29, 1.82) is 5.41 Å². The standard InChI is InChI=1S/C17H15N7/c18-15-14-16(22-10-21-14)23-17(19)24(15)13-3-1-11(2-4-13)9-12-5-7-20-8-6-12/h1-8,10,18H,9H2,(H2,19,23)(H,21,22). The van der Waals surface area contributed by atoms with Crippen LogP contribution in [0.3, 0.4) is 0 Å². The van der Waals surface area contributed by atoms with Crippen molar-refractivity contribution in [3.05, 3.63) is 71.7 Å². The molecule has 4 rings (SSSR count). The molecule has 0 unspecified atom stereocenters. The Labute approximate surface area is 137 Å². The number of nitrogens with one attached hydrogen (secondary N) is 2. The molecule has 4 N–H and O–H groups in total. The molecule has 1 aromatic carbocycles. The van der Waals surface area contributed by atoms with Crippen LogP contribution >= 0.6 is 0 Å². The van der Waals surface area contributed by atoms with E-state index in [0.717, 1.165) is 12.1 Å². The van der Waals surface area contributed by atoms with E-state index in [4.69, 9.17) is 11.1 Å². The molecular weight excluding hydrogens is 302 g/mol. The number of fused-ring (bicyclic) bond motifs is 1. The predicted molar refractivity (Wildman–Crippen MR) is 90.5 cm³/mol. The zero-order chi connectivity index (χ0) is 16.5. The number of aromatic amines is 1. The highest BCUT2D eigenvalue weighted by Crippen LogP contribution is 2.15. The molecule has 0 aliphatic rings. The van der Waals surface area contributed by atoms with Crippen LogP contribution in [0.15, 0.2) is 55.1 Å². The molecule has 0 saturated carbocycles. The van der Waals surface area contributed by atoms with Gasteiger partial charge in [-0.05, 0) is 41.8 Å². The van der Waals surface area contributed by atoms with Gasteiger partial charge in [0.05, 0.1) is 12.0 Å². The molecule has 0 atom stereocenters. The first-order chi connectivity index (χ1) is 11.7. The van der Waals surface area contributed by atoms with E-state index in [1.54, 1.807) is 17.0 Å². The summed E-state index contributed by atoms with van der Waals surface area (Å²) in [6.07, 6.45) is 5.92. The van der Waals surface area contributed by atoms with Crippen LogP contribution in [-0.2, 0) is 6.42 Å². The molecule has 24 heavy (non-hydrogen) atoms. The van der Waals surface area contributed by atoms with E-state index in [2.05, 4.69) is 19.9 Å². The molecule has 4 aromatic rings. The van der Waals surface area contributed by atoms with Gasteiger partial charge in [-0.1, -0.05) is 12.1 Å². The number of H-pyrrole nitrogens is 1. The monoisotopic (exact) mass is 317 g/mol. The average molecular weight is 317 g/mol. The Hall–Kier alpha value is -3.48. The minimum atomic E-state index is 0.233. The third-order valence-corrected chi connectivity index (χ3v) is 3.88. The number of hydrogen-bond donors (Lipinski definition) is 3. The van der Waals surface area contributed by atoms with E-state index in [0.29, 0.717) is 11.2 Å². The Morgan fingerprint density at radius 2 is 1.75 bits per heavy atom. The molecule has 3 heterocycles. The van der Waals surface area contributed by atoms with Gasteiger partial charge < -0.3 is 10.7 Å². The highest BCUT2D eigenvalue weighted by molar-refractivity contribution is 5.70. The van der Waals surface area contributed by atoms with Crippen molar-refractivity contribution in [2.24, 2.45) is 0 Å². The Balaban J connectivity index is 1.72. The topological polar surface area (TPSA) is 109 Å². The summed E-state index contributed by atoms with van der Waals surface area (Å²) < 4.78 is 1.59. The second kappa shape index (κ2) is 5.62. The van der Waals surface area contributed by atoms with E-state index in [9.17, 15) is 0 Å². The number of nitrogen functional groups attached to an aromatic ring is 1. The van der Waals surface area contributed by atoms with Gasteiger partial charge in [0.25, 0.3) is 0 Å². The lowest BCUT2D eigenvalue weighted by molar-refractivity contribution is 0.920. The minimum Gasteiger partial charge on any atom is -0.369 e. The third kappa shape index (κ3) is 2.41. The molecule has 3 aromatic heterocycles. The van der Waals surface area contributed by atoms with Gasteiger partial charge in [0.1, 0.15) is 5.52 Å². The van der Waals surface area contributed by atoms with Crippen molar-refractivity contribution < 1.29 is 0 Å². The Morgan fingerprint density at radius 1 is 1.04 bits per heavy atom. The molecule has 0 aliphatic carbocycles. The fourth-order valence-corrected chi connectivity index (χ4v) is 2.69. The minimum absolute atomic E-state index is 0.233. The van der Waals surface area contributed by atoms with Gasteiger partial charge in [0.15, 0.2) is 11.1 Å². The summed E-state index contributed by atoms with van der Waals surface area (Å²) in [4.78, 5) is 15.2. The third-order valence-electron chi connectivity index (χ3n) is 3.88. The Kier molecular flexibility index (Phi) is 3.31. The number of hydrogen-bond acceptors (Lipinski definition) is 5. The zero-order valence-electron chi connectivity index (χ0n) is 12.8. The van der Waals surface area contributed by atoms with Crippen LogP contribution in [0, 0.1) is 5.41 Å². The smallest absolute Gasteiger partial charge is 0.208 e. The number of imidazole rings is 1. The van der Waals surface area contributed by atoms with E-state index >= 15 is 0 Å². The lowest BCUT2D eigenvalue weighted by Gasteiger charge is -2.11. The van der Waals surface area contributed by atoms with E-state index in [1.807, 2.05) is 36.4 Å². The van der Waals surface area contributed by atoms with Crippen molar-refractivity contribution in [2.75, 3.05) is 5.73 Å². The zero-order valence-corrected chi connectivity index (χ0v) is 12.8. The van der Waals surface area contributed by atoms with Crippen molar-refractivity contribution in [1.82, 2.24) is 24.5 Å². The van der Waals surface area contributed by atoms with Crippen LogP contribution in [0.4, 0.5) is 5.95 Å². The second-order valence-corrected chi connectivity index (χ2v) is 5.45. The SMILES string of the molecule is N=c1c2[nH]cnc2nc(N)n1-c1ccc(Cc2ccncc2)cc1. The molecule has 0 spiro atoms. The van der Waals surface area contributed by atoms with Crippen LogP contribution in [0.1, 0.15) is 11.1 Å². The normalized spacial score (nSPS) is 11.0. The van der Waals surface area contributed by atoms with Gasteiger partial charge >= 0.3 is 0 Å². The van der Waals surface area contributed by atoms with Gasteiger partial charge in [-0.2, -0.15) is 4.98 Å². The van der Waals surface area contributed by atoms with Crippen LogP contribution in [-0.4, -0.2) is 24.5 Å². The number of anilines is 1. The molecule has 7 nitrogen and oxygen atoms in total. The molecule has 0 saturated heterocycles. The number of nitrogens with zero attached hydrogens (tertiary/aromatic N) is 4. The fourth-order valence-electron chi connectivity index (χ4n) is 2.69. The van der Waals surface area contributed by atoms with Crippen molar-refractivity contribution in [3.63, 3.8) is 0 Å². The molecule has 0 aliphatic heterocycles. The number of aromatic nitrogens is 5. The molecule has 0 radical (unpaired) electrons. The highest BCUT2D eigenvalue weighted by Gasteiger charge is 2.09. The fraction of sp³-hybridized carbons (Fsp3) is 0.0588. The summed E-state index contributed by atoms with van der Waals surface area (Å²) in [6, 6.07) is 11.9. The first-order valence-electron chi connectivity index (χ1n) is 7.47. The van der Waals surface area contributed by atoms with E-state index in [1.165, 1.54) is 17.5 Å². The molecule has 0 fully saturated rings. The van der Waals surface area contributed by atoms with Crippen LogP contribution in [0.5, 0.6) is 0 Å². The Morgan fingerprint density at radius 3 is 2.50 bits per heavy atom. The predicted octanol–water partition coefficient (Wildman–Crippen LogP) is 1.80. The maximum Gasteiger partial charge on any atom is 0.208 e. The molecule has 118 valence electrons. The summed E-state index contributed by atoms with van der Waals surface area (Å²) in [5.74, 6) is 0.237. The van der Waals surface area contributed by atoms with Crippen LogP contribution < -0.4 is 11.2 Å². The number of nitrogens with two attached hydrogens (primary N) is 1. The lowest BCUT2D eigenvalue weighted by Crippen LogP contribution is -2.23. The highest BCUT2D eigenvalue weighted by atomic mass is 15.2. The van der Waals surface area contributed by atoms with Gasteiger partial charge in [-0.25, -0.2) is 4.98 Å². The number of pyridine rings is 1. The average Bonchev–Trinajstić information content (AvgIpc) is 3.06. The molecular formula is C17H15N7. The van der Waals surface area contributed by atoms with Gasteiger partial charge in [-0.15, -0.1) is 0 Å². The van der Waals surface area contributed by atoms with E-state index < -0.39 is 0 Å². The summed E-state index contributed by atoms with van der Waals surface area (Å²) >= 11 is 0. The quantitative estimate of drug-likeness (QED) is 0.535. The van der Waals surface area contributed by atoms with Gasteiger partial charge in [0, 0.05) is 12.4 Å². The van der Waals surface area contributed by atoms with Crippen LogP contribution in [0.25, 0.3) is 16.9 Å². The first-order valence-corrected chi connectivity index (χ1v) is 7.47. The molecule has 0 amide bonds. The van der Waals surface area contributed by atoms with Crippen molar-refractivity contribution in [3.8, 4) is 5.69 Å². The second-order valence-electron chi connectivity index (χ2n) is 5.45. The van der Waals surface area contributed by atoms with Crippen LogP contribution in [0.2, 0.25) is 0 Å². The Bertz CT molecular complexity index is 1050.